The molecule has 0 aliphatic rings. The SMILES string of the molecule is Cc1ccc(N(CCC#N)C(=O)Cn2nnc(-c3ccccc3)n2)cc1C. The zero-order valence-corrected chi connectivity index (χ0v) is 15.3. The van der Waals surface area contributed by atoms with Gasteiger partial charge < -0.3 is 4.90 Å². The molecule has 0 atom stereocenters. The Morgan fingerprint density at radius 3 is 2.63 bits per heavy atom. The van der Waals surface area contributed by atoms with Gasteiger partial charge in [0.15, 0.2) is 0 Å². The molecule has 0 N–H and O–H groups in total. The van der Waals surface area contributed by atoms with Crippen LogP contribution in [-0.2, 0) is 11.3 Å². The van der Waals surface area contributed by atoms with Gasteiger partial charge in [-0.25, -0.2) is 0 Å². The second kappa shape index (κ2) is 8.23. The van der Waals surface area contributed by atoms with E-state index in [0.717, 1.165) is 22.4 Å². The molecule has 0 saturated carbocycles. The summed E-state index contributed by atoms with van der Waals surface area (Å²) in [5.41, 5.74) is 3.85. The molecule has 7 nitrogen and oxygen atoms in total. The molecule has 1 aromatic heterocycles. The molecule has 0 aliphatic heterocycles. The second-order valence-electron chi connectivity index (χ2n) is 6.23. The van der Waals surface area contributed by atoms with E-state index < -0.39 is 0 Å². The van der Waals surface area contributed by atoms with Gasteiger partial charge in [0.1, 0.15) is 6.54 Å². The maximum atomic E-state index is 12.8. The Kier molecular flexibility index (Phi) is 5.57. The highest BCUT2D eigenvalue weighted by atomic mass is 16.2. The number of nitrogens with zero attached hydrogens (tertiary/aromatic N) is 6. The largest absolute Gasteiger partial charge is 0.310 e. The van der Waals surface area contributed by atoms with Crippen molar-refractivity contribution in [3.63, 3.8) is 0 Å². The fourth-order valence-corrected chi connectivity index (χ4v) is 2.67. The van der Waals surface area contributed by atoms with Crippen molar-refractivity contribution < 1.29 is 4.79 Å². The number of nitriles is 1. The predicted molar refractivity (Wildman–Crippen MR) is 102 cm³/mol. The molecule has 136 valence electrons. The second-order valence-corrected chi connectivity index (χ2v) is 6.23. The van der Waals surface area contributed by atoms with Crippen molar-refractivity contribution in [2.45, 2.75) is 26.8 Å². The van der Waals surface area contributed by atoms with E-state index in [1.54, 1.807) is 4.90 Å². The quantitative estimate of drug-likeness (QED) is 0.674. The van der Waals surface area contributed by atoms with Gasteiger partial charge >= 0.3 is 0 Å². The lowest BCUT2D eigenvalue weighted by atomic mass is 10.1. The molecule has 27 heavy (non-hydrogen) atoms. The van der Waals surface area contributed by atoms with E-state index >= 15 is 0 Å². The van der Waals surface area contributed by atoms with Gasteiger partial charge in [-0.1, -0.05) is 36.4 Å². The molecule has 0 aliphatic carbocycles. The number of carbonyl (C=O) groups excluding carboxylic acids is 1. The summed E-state index contributed by atoms with van der Waals surface area (Å²) >= 11 is 0. The average Bonchev–Trinajstić information content (AvgIpc) is 3.14. The molecule has 0 radical (unpaired) electrons. The molecule has 0 saturated heterocycles. The van der Waals surface area contributed by atoms with E-state index in [1.165, 1.54) is 4.80 Å². The summed E-state index contributed by atoms with van der Waals surface area (Å²) < 4.78 is 0. The number of rotatable bonds is 6. The summed E-state index contributed by atoms with van der Waals surface area (Å²) in [6, 6.07) is 17.4. The van der Waals surface area contributed by atoms with Gasteiger partial charge in [-0.05, 0) is 42.3 Å². The number of carbonyl (C=O) groups is 1. The molecular formula is C20H20N6O. The van der Waals surface area contributed by atoms with Crippen LogP contribution in [0.4, 0.5) is 5.69 Å². The summed E-state index contributed by atoms with van der Waals surface area (Å²) in [5, 5.41) is 21.2. The normalized spacial score (nSPS) is 10.4. The summed E-state index contributed by atoms with van der Waals surface area (Å²) in [7, 11) is 0. The average molecular weight is 360 g/mol. The third-order valence-electron chi connectivity index (χ3n) is 4.31. The van der Waals surface area contributed by atoms with Crippen molar-refractivity contribution in [3.8, 4) is 17.5 Å². The summed E-state index contributed by atoms with van der Waals surface area (Å²) in [5.74, 6) is 0.281. The minimum Gasteiger partial charge on any atom is -0.310 e. The zero-order chi connectivity index (χ0) is 19.2. The zero-order valence-electron chi connectivity index (χ0n) is 15.3. The fraction of sp³-hybridized carbons (Fsp3) is 0.250. The van der Waals surface area contributed by atoms with E-state index in [2.05, 4.69) is 21.5 Å². The van der Waals surface area contributed by atoms with Crippen molar-refractivity contribution >= 4 is 11.6 Å². The van der Waals surface area contributed by atoms with E-state index in [9.17, 15) is 4.79 Å². The van der Waals surface area contributed by atoms with E-state index in [1.807, 2.05) is 62.4 Å². The van der Waals surface area contributed by atoms with Gasteiger partial charge in [0.2, 0.25) is 5.82 Å². The number of amides is 1. The van der Waals surface area contributed by atoms with Crippen LogP contribution in [0.5, 0.6) is 0 Å². The Morgan fingerprint density at radius 2 is 1.93 bits per heavy atom. The Bertz CT molecular complexity index is 974. The molecular weight excluding hydrogens is 340 g/mol. The number of hydrogen-bond acceptors (Lipinski definition) is 5. The maximum absolute atomic E-state index is 12.8. The van der Waals surface area contributed by atoms with Crippen molar-refractivity contribution in [3.05, 3.63) is 59.7 Å². The van der Waals surface area contributed by atoms with Gasteiger partial charge in [0.25, 0.3) is 5.91 Å². The molecule has 0 spiro atoms. The lowest BCUT2D eigenvalue weighted by Crippen LogP contribution is -2.35. The van der Waals surface area contributed by atoms with Gasteiger partial charge in [-0.2, -0.15) is 10.1 Å². The highest BCUT2D eigenvalue weighted by Gasteiger charge is 2.18. The van der Waals surface area contributed by atoms with Crippen LogP contribution >= 0.6 is 0 Å². The third kappa shape index (κ3) is 4.36. The monoisotopic (exact) mass is 360 g/mol. The van der Waals surface area contributed by atoms with Crippen LogP contribution in [0.1, 0.15) is 17.5 Å². The van der Waals surface area contributed by atoms with Crippen LogP contribution in [0.15, 0.2) is 48.5 Å². The Balaban J connectivity index is 1.79. The number of aryl methyl sites for hydroxylation is 2. The predicted octanol–water partition coefficient (Wildman–Crippen LogP) is 2.90. The number of hydrogen-bond donors (Lipinski definition) is 0. The van der Waals surface area contributed by atoms with Crippen molar-refractivity contribution in [2.75, 3.05) is 11.4 Å². The van der Waals surface area contributed by atoms with E-state index in [4.69, 9.17) is 5.26 Å². The lowest BCUT2D eigenvalue weighted by Gasteiger charge is -2.22. The Hall–Kier alpha value is -3.53. The van der Waals surface area contributed by atoms with Crippen LogP contribution in [0, 0.1) is 25.2 Å². The third-order valence-corrected chi connectivity index (χ3v) is 4.31. The molecule has 0 unspecified atom stereocenters. The molecule has 2 aromatic carbocycles. The van der Waals surface area contributed by atoms with Crippen molar-refractivity contribution in [1.82, 2.24) is 20.2 Å². The first-order chi connectivity index (χ1) is 13.1. The summed E-state index contributed by atoms with van der Waals surface area (Å²) in [6.07, 6.45) is 0.249. The Labute approximate surface area is 157 Å². The van der Waals surface area contributed by atoms with Crippen molar-refractivity contribution in [1.29, 1.82) is 5.26 Å². The van der Waals surface area contributed by atoms with E-state index in [0.29, 0.717) is 12.4 Å². The minimum atomic E-state index is -0.189. The van der Waals surface area contributed by atoms with Crippen LogP contribution in [0.2, 0.25) is 0 Å². The number of anilines is 1. The van der Waals surface area contributed by atoms with Gasteiger partial charge in [0.05, 0.1) is 12.5 Å². The minimum absolute atomic E-state index is 0.0435. The smallest absolute Gasteiger partial charge is 0.250 e. The first kappa shape index (κ1) is 18.3. The van der Waals surface area contributed by atoms with Crippen LogP contribution in [0.3, 0.4) is 0 Å². The molecule has 1 amide bonds. The topological polar surface area (TPSA) is 87.7 Å². The standard InChI is InChI=1S/C20H20N6O/c1-15-9-10-18(13-16(15)2)25(12-6-11-21)19(27)14-26-23-20(22-24-26)17-7-4-3-5-8-17/h3-5,7-10,13H,6,12,14H2,1-2H3. The summed E-state index contributed by atoms with van der Waals surface area (Å²) in [4.78, 5) is 15.7. The molecule has 7 heteroatoms. The van der Waals surface area contributed by atoms with Crippen LogP contribution < -0.4 is 4.90 Å². The molecule has 0 fully saturated rings. The lowest BCUT2D eigenvalue weighted by molar-refractivity contribution is -0.119. The number of benzene rings is 2. The van der Waals surface area contributed by atoms with Gasteiger partial charge in [0, 0.05) is 17.8 Å². The first-order valence-electron chi connectivity index (χ1n) is 8.66. The van der Waals surface area contributed by atoms with Crippen LogP contribution in [-0.4, -0.2) is 32.7 Å². The number of aromatic nitrogens is 4. The molecule has 1 heterocycles. The van der Waals surface area contributed by atoms with Gasteiger partial charge in [-0.3, -0.25) is 4.79 Å². The molecule has 3 rings (SSSR count). The summed E-state index contributed by atoms with van der Waals surface area (Å²) in [6.45, 7) is 4.29. The highest BCUT2D eigenvalue weighted by Crippen LogP contribution is 2.20. The van der Waals surface area contributed by atoms with Crippen LogP contribution in [0.25, 0.3) is 11.4 Å². The first-order valence-corrected chi connectivity index (χ1v) is 8.66. The fourth-order valence-electron chi connectivity index (χ4n) is 2.67. The molecule has 0 bridgehead atoms. The van der Waals surface area contributed by atoms with Gasteiger partial charge in [-0.15, -0.1) is 10.2 Å². The number of tetrazole rings is 1. The maximum Gasteiger partial charge on any atom is 0.250 e. The van der Waals surface area contributed by atoms with E-state index in [-0.39, 0.29) is 18.9 Å². The molecule has 3 aromatic rings. The van der Waals surface area contributed by atoms with Crippen molar-refractivity contribution in [2.24, 2.45) is 0 Å². The Morgan fingerprint density at radius 1 is 1.15 bits per heavy atom. The highest BCUT2D eigenvalue weighted by molar-refractivity contribution is 5.93.